The van der Waals surface area contributed by atoms with Gasteiger partial charge < -0.3 is 4.74 Å². The molecule has 0 atom stereocenters. The summed E-state index contributed by atoms with van der Waals surface area (Å²) in [5.74, 6) is 0.886. The van der Waals surface area contributed by atoms with Gasteiger partial charge in [0.15, 0.2) is 0 Å². The molecule has 2 aromatic carbocycles. The summed E-state index contributed by atoms with van der Waals surface area (Å²) in [7, 11) is 1.69. The van der Waals surface area contributed by atoms with E-state index in [4.69, 9.17) is 16.3 Å². The number of benzene rings is 2. The summed E-state index contributed by atoms with van der Waals surface area (Å²) in [6.45, 7) is 0. The number of methoxy groups -OCH3 is 1. The van der Waals surface area contributed by atoms with E-state index < -0.39 is 0 Å². The molecule has 0 N–H and O–H groups in total. The van der Waals surface area contributed by atoms with Gasteiger partial charge in [-0.1, -0.05) is 23.7 Å². The smallest absolute Gasteiger partial charge is 0.128 e. The lowest BCUT2D eigenvalue weighted by Gasteiger charge is -2.06. The summed E-state index contributed by atoms with van der Waals surface area (Å²) >= 11 is 7.92. The molecule has 3 heteroatoms. The Bertz CT molecular complexity index is 672. The van der Waals surface area contributed by atoms with Crippen molar-refractivity contribution in [2.75, 3.05) is 7.11 Å². The van der Waals surface area contributed by atoms with Crippen LogP contribution in [0.4, 0.5) is 0 Å². The van der Waals surface area contributed by atoms with Crippen LogP contribution in [0.1, 0.15) is 0 Å². The van der Waals surface area contributed by atoms with Crippen molar-refractivity contribution in [3.05, 3.63) is 40.7 Å². The van der Waals surface area contributed by atoms with Gasteiger partial charge in [-0.15, -0.1) is 11.3 Å². The summed E-state index contributed by atoms with van der Waals surface area (Å²) < 4.78 is 6.63. The van der Waals surface area contributed by atoms with Crippen molar-refractivity contribution >= 4 is 43.8 Å². The Labute approximate surface area is 102 Å². The monoisotopic (exact) mass is 248 g/mol. The molecule has 80 valence electrons. The molecule has 1 nitrogen and oxygen atoms in total. The van der Waals surface area contributed by atoms with E-state index >= 15 is 0 Å². The highest BCUT2D eigenvalue weighted by Gasteiger charge is 2.09. The molecule has 0 aliphatic carbocycles. The molecule has 0 aliphatic heterocycles. The van der Waals surface area contributed by atoms with Gasteiger partial charge in [0.25, 0.3) is 0 Å². The molecule has 3 aromatic rings. The Hall–Kier alpha value is -1.25. The van der Waals surface area contributed by atoms with Gasteiger partial charge in [0.2, 0.25) is 0 Å². The molecule has 0 fully saturated rings. The van der Waals surface area contributed by atoms with Crippen LogP contribution in [0.5, 0.6) is 5.75 Å². The molecule has 1 aromatic heterocycles. The largest absolute Gasteiger partial charge is 0.496 e. The van der Waals surface area contributed by atoms with Crippen molar-refractivity contribution in [1.82, 2.24) is 0 Å². The van der Waals surface area contributed by atoms with E-state index in [2.05, 4.69) is 17.5 Å². The number of thiophene rings is 1. The van der Waals surface area contributed by atoms with Crippen molar-refractivity contribution in [2.24, 2.45) is 0 Å². The van der Waals surface area contributed by atoms with Crippen molar-refractivity contribution in [3.63, 3.8) is 0 Å². The van der Waals surface area contributed by atoms with Gasteiger partial charge in [0, 0.05) is 25.9 Å². The first-order valence-corrected chi connectivity index (χ1v) is 6.19. The SMILES string of the molecule is COc1cc2c(Cl)cccc2c2sccc12. The van der Waals surface area contributed by atoms with Crippen LogP contribution in [-0.4, -0.2) is 7.11 Å². The number of fused-ring (bicyclic) bond motifs is 3. The Morgan fingerprint density at radius 2 is 2.00 bits per heavy atom. The maximum atomic E-state index is 6.20. The van der Waals surface area contributed by atoms with E-state index in [0.717, 1.165) is 21.5 Å². The maximum absolute atomic E-state index is 6.20. The zero-order valence-electron chi connectivity index (χ0n) is 8.66. The number of ether oxygens (including phenoxy) is 1. The minimum Gasteiger partial charge on any atom is -0.496 e. The predicted octanol–water partition coefficient (Wildman–Crippen LogP) is 4.72. The zero-order valence-corrected chi connectivity index (χ0v) is 10.2. The van der Waals surface area contributed by atoms with E-state index in [-0.39, 0.29) is 0 Å². The fourth-order valence-electron chi connectivity index (χ4n) is 1.97. The highest BCUT2D eigenvalue weighted by Crippen LogP contribution is 2.38. The Morgan fingerprint density at radius 1 is 1.12 bits per heavy atom. The molecule has 16 heavy (non-hydrogen) atoms. The molecule has 0 saturated heterocycles. The third-order valence-electron chi connectivity index (χ3n) is 2.72. The normalized spacial score (nSPS) is 11.1. The molecule has 1 heterocycles. The third kappa shape index (κ3) is 1.30. The predicted molar refractivity (Wildman–Crippen MR) is 70.9 cm³/mol. The first kappa shape index (κ1) is 9.94. The van der Waals surface area contributed by atoms with Crippen molar-refractivity contribution in [2.45, 2.75) is 0 Å². The fourth-order valence-corrected chi connectivity index (χ4v) is 3.14. The van der Waals surface area contributed by atoms with E-state index in [1.165, 1.54) is 10.1 Å². The molecular formula is C13H9ClOS. The summed E-state index contributed by atoms with van der Waals surface area (Å²) in [5, 5.41) is 6.25. The fraction of sp³-hybridized carbons (Fsp3) is 0.0769. The number of halogens is 1. The average molecular weight is 249 g/mol. The van der Waals surface area contributed by atoms with Crippen LogP contribution in [0, 0.1) is 0 Å². The second-order valence-corrected chi connectivity index (χ2v) is 4.90. The van der Waals surface area contributed by atoms with Gasteiger partial charge in [-0.3, -0.25) is 0 Å². The van der Waals surface area contributed by atoms with Crippen molar-refractivity contribution in [1.29, 1.82) is 0 Å². The second-order valence-electron chi connectivity index (χ2n) is 3.58. The summed E-state index contributed by atoms with van der Waals surface area (Å²) in [6, 6.07) is 10.1. The second kappa shape index (κ2) is 3.65. The molecular weight excluding hydrogens is 240 g/mol. The van der Waals surface area contributed by atoms with Crippen molar-refractivity contribution < 1.29 is 4.74 Å². The highest BCUT2D eigenvalue weighted by atomic mass is 35.5. The quantitative estimate of drug-likeness (QED) is 0.606. The van der Waals surface area contributed by atoms with Crippen LogP contribution in [0.2, 0.25) is 5.02 Å². The Morgan fingerprint density at radius 3 is 2.81 bits per heavy atom. The van der Waals surface area contributed by atoms with Gasteiger partial charge in [-0.05, 0) is 23.6 Å². The third-order valence-corrected chi connectivity index (χ3v) is 4.00. The van der Waals surface area contributed by atoms with Crippen LogP contribution in [0.3, 0.4) is 0 Å². The molecule has 0 aliphatic rings. The van der Waals surface area contributed by atoms with E-state index in [0.29, 0.717) is 0 Å². The molecule has 0 spiro atoms. The first-order valence-electron chi connectivity index (χ1n) is 4.93. The van der Waals surface area contributed by atoms with Crippen molar-refractivity contribution in [3.8, 4) is 5.75 Å². The lowest BCUT2D eigenvalue weighted by atomic mass is 10.1. The molecule has 0 saturated carbocycles. The molecule has 0 radical (unpaired) electrons. The minimum atomic E-state index is 0.770. The standard InChI is InChI=1S/C13H9ClOS/c1-15-12-7-10-8(3-2-4-11(10)14)13-9(12)5-6-16-13/h2-7H,1H3. The van der Waals surface area contributed by atoms with E-state index in [1.54, 1.807) is 18.4 Å². The summed E-state index contributed by atoms with van der Waals surface area (Å²) in [5.41, 5.74) is 0. The summed E-state index contributed by atoms with van der Waals surface area (Å²) in [6.07, 6.45) is 0. The molecule has 3 rings (SSSR count). The first-order chi connectivity index (χ1) is 7.81. The van der Waals surface area contributed by atoms with Gasteiger partial charge in [0.1, 0.15) is 5.75 Å². The number of hydrogen-bond donors (Lipinski definition) is 0. The van der Waals surface area contributed by atoms with Crippen LogP contribution >= 0.6 is 22.9 Å². The zero-order chi connectivity index (χ0) is 11.1. The molecule has 0 bridgehead atoms. The van der Waals surface area contributed by atoms with Gasteiger partial charge in [-0.2, -0.15) is 0 Å². The van der Waals surface area contributed by atoms with Gasteiger partial charge in [0.05, 0.1) is 7.11 Å². The lowest BCUT2D eigenvalue weighted by Crippen LogP contribution is -1.84. The topological polar surface area (TPSA) is 9.23 Å². The van der Waals surface area contributed by atoms with Crippen LogP contribution < -0.4 is 4.74 Å². The minimum absolute atomic E-state index is 0.770. The number of hydrogen-bond acceptors (Lipinski definition) is 2. The van der Waals surface area contributed by atoms with E-state index in [1.807, 2.05) is 18.2 Å². The lowest BCUT2D eigenvalue weighted by molar-refractivity contribution is 0.420. The average Bonchev–Trinajstić information content (AvgIpc) is 2.78. The van der Waals surface area contributed by atoms with E-state index in [9.17, 15) is 0 Å². The van der Waals surface area contributed by atoms with Crippen LogP contribution in [-0.2, 0) is 0 Å². The molecule has 0 unspecified atom stereocenters. The van der Waals surface area contributed by atoms with Gasteiger partial charge >= 0.3 is 0 Å². The maximum Gasteiger partial charge on any atom is 0.128 e. The van der Waals surface area contributed by atoms with Crippen LogP contribution in [0.15, 0.2) is 35.7 Å². The number of rotatable bonds is 1. The van der Waals surface area contributed by atoms with Crippen LogP contribution in [0.25, 0.3) is 20.9 Å². The van der Waals surface area contributed by atoms with Gasteiger partial charge in [-0.25, -0.2) is 0 Å². The Kier molecular flexibility index (Phi) is 2.27. The highest BCUT2D eigenvalue weighted by molar-refractivity contribution is 7.18. The molecule has 0 amide bonds. The summed E-state index contributed by atoms with van der Waals surface area (Å²) in [4.78, 5) is 0. The Balaban J connectivity index is 2.59.